The zero-order valence-electron chi connectivity index (χ0n) is 13.4. The number of halogens is 5. The number of fused-ring (bicyclic) bond motifs is 1. The molecule has 0 fully saturated rings. The molecule has 0 radical (unpaired) electrons. The normalized spacial score (nSPS) is 14.3. The number of carbonyl (C=O) groups excluding carboxylic acids is 1. The van der Waals surface area contributed by atoms with E-state index in [0.29, 0.717) is 11.3 Å². The number of amides is 1. The summed E-state index contributed by atoms with van der Waals surface area (Å²) in [6.07, 6.45) is -6.49. The number of rotatable bonds is 4. The van der Waals surface area contributed by atoms with Gasteiger partial charge in [0.05, 0.1) is 16.6 Å². The second-order valence-corrected chi connectivity index (χ2v) is 7.52. The average molecular weight is 423 g/mol. The Morgan fingerprint density at radius 3 is 2.48 bits per heavy atom. The summed E-state index contributed by atoms with van der Waals surface area (Å²) in [5.41, 5.74) is -3.16. The lowest BCUT2D eigenvalue weighted by Crippen LogP contribution is -2.45. The van der Waals surface area contributed by atoms with Gasteiger partial charge in [-0.1, -0.05) is 11.3 Å². The molecular formula is C15H10F5N3O2S2. The van der Waals surface area contributed by atoms with Gasteiger partial charge in [0.1, 0.15) is 5.01 Å². The van der Waals surface area contributed by atoms with E-state index in [1.54, 1.807) is 0 Å². The van der Waals surface area contributed by atoms with Crippen LogP contribution < -0.4 is 5.32 Å². The van der Waals surface area contributed by atoms with Gasteiger partial charge in [-0.3, -0.25) is 4.79 Å². The number of aromatic nitrogens is 2. The fourth-order valence-corrected chi connectivity index (χ4v) is 4.02. The average Bonchev–Trinajstić information content (AvgIpc) is 3.12. The zero-order valence-corrected chi connectivity index (χ0v) is 15.0. The monoisotopic (exact) mass is 423 g/mol. The molecule has 0 bridgehead atoms. The Hall–Kier alpha value is -2.18. The first kappa shape index (κ1) is 19.6. The number of carbonyl (C=O) groups is 1. The van der Waals surface area contributed by atoms with E-state index < -0.39 is 40.7 Å². The summed E-state index contributed by atoms with van der Waals surface area (Å²) in [6.45, 7) is 1.45. The molecule has 3 rings (SSSR count). The highest BCUT2D eigenvalue weighted by atomic mass is 32.1. The molecule has 1 aromatic carbocycles. The molecule has 2 N–H and O–H groups in total. The minimum absolute atomic E-state index is 0.0378. The van der Waals surface area contributed by atoms with E-state index in [9.17, 15) is 31.9 Å². The van der Waals surface area contributed by atoms with Crippen LogP contribution in [0, 0.1) is 18.6 Å². The number of hydrogen-bond donors (Lipinski definition) is 2. The van der Waals surface area contributed by atoms with Crippen molar-refractivity contribution in [2.75, 3.05) is 5.32 Å². The Morgan fingerprint density at radius 1 is 1.22 bits per heavy atom. The molecule has 27 heavy (non-hydrogen) atoms. The summed E-state index contributed by atoms with van der Waals surface area (Å²) in [6, 6.07) is 1.67. The summed E-state index contributed by atoms with van der Waals surface area (Å²) in [5, 5.41) is 12.8. The lowest BCUT2D eigenvalue weighted by molar-refractivity contribution is -0.266. The van der Waals surface area contributed by atoms with Crippen LogP contribution in [-0.2, 0) is 10.4 Å². The Morgan fingerprint density at radius 2 is 1.89 bits per heavy atom. The summed E-state index contributed by atoms with van der Waals surface area (Å²) < 4.78 is 66.8. The molecule has 2 heterocycles. The van der Waals surface area contributed by atoms with Gasteiger partial charge in [0.25, 0.3) is 0 Å². The molecule has 0 aliphatic rings. The van der Waals surface area contributed by atoms with E-state index in [0.717, 1.165) is 23.5 Å². The van der Waals surface area contributed by atoms with Crippen molar-refractivity contribution in [2.45, 2.75) is 25.1 Å². The van der Waals surface area contributed by atoms with Crippen LogP contribution in [0.2, 0.25) is 0 Å². The molecule has 12 heteroatoms. The van der Waals surface area contributed by atoms with Crippen LogP contribution in [0.4, 0.5) is 27.1 Å². The molecule has 1 atom stereocenters. The first-order valence-corrected chi connectivity index (χ1v) is 8.96. The van der Waals surface area contributed by atoms with Gasteiger partial charge in [-0.15, -0.1) is 11.3 Å². The minimum Gasteiger partial charge on any atom is -0.374 e. The smallest absolute Gasteiger partial charge is 0.374 e. The molecular weight excluding hydrogens is 413 g/mol. The third-order valence-corrected chi connectivity index (χ3v) is 5.58. The van der Waals surface area contributed by atoms with Gasteiger partial charge < -0.3 is 10.4 Å². The van der Waals surface area contributed by atoms with Crippen molar-refractivity contribution in [3.63, 3.8) is 0 Å². The third kappa shape index (κ3) is 3.77. The maximum Gasteiger partial charge on any atom is 0.424 e. The SMILES string of the molecule is Cc1csc(C(O)(CC(=O)Nc2nc3cc(F)c(F)cc3s2)C(F)(F)F)n1. The molecule has 0 spiro atoms. The van der Waals surface area contributed by atoms with Crippen molar-refractivity contribution >= 4 is 43.9 Å². The second-order valence-electron chi connectivity index (χ2n) is 5.63. The van der Waals surface area contributed by atoms with Crippen molar-refractivity contribution in [3.05, 3.63) is 39.8 Å². The maximum atomic E-state index is 13.4. The zero-order chi connectivity index (χ0) is 20.0. The minimum atomic E-state index is -5.14. The van der Waals surface area contributed by atoms with Gasteiger partial charge in [0, 0.05) is 17.1 Å². The van der Waals surface area contributed by atoms with Gasteiger partial charge in [-0.25, -0.2) is 18.7 Å². The maximum absolute atomic E-state index is 13.4. The predicted octanol–water partition coefficient (Wildman–Crippen LogP) is 4.12. The fourth-order valence-electron chi connectivity index (χ4n) is 2.21. The topological polar surface area (TPSA) is 75.1 Å². The highest BCUT2D eigenvalue weighted by Gasteiger charge is 2.58. The highest BCUT2D eigenvalue weighted by molar-refractivity contribution is 7.22. The number of hydrogen-bond acceptors (Lipinski definition) is 6. The molecule has 0 saturated carbocycles. The van der Waals surface area contributed by atoms with Crippen LogP contribution in [0.15, 0.2) is 17.5 Å². The Kier molecular flexibility index (Phi) is 4.91. The van der Waals surface area contributed by atoms with Crippen LogP contribution in [0.1, 0.15) is 17.1 Å². The van der Waals surface area contributed by atoms with E-state index in [1.807, 2.05) is 0 Å². The lowest BCUT2D eigenvalue weighted by atomic mass is 9.99. The molecule has 2 aromatic heterocycles. The second kappa shape index (κ2) is 6.77. The van der Waals surface area contributed by atoms with Crippen molar-refractivity contribution in [3.8, 4) is 0 Å². The molecule has 144 valence electrons. The number of nitrogens with zero attached hydrogens (tertiary/aromatic N) is 2. The molecule has 3 aromatic rings. The number of nitrogens with one attached hydrogen (secondary N) is 1. The first-order valence-electron chi connectivity index (χ1n) is 7.27. The van der Waals surface area contributed by atoms with Gasteiger partial charge in [0.2, 0.25) is 11.5 Å². The third-order valence-electron chi connectivity index (χ3n) is 3.54. The van der Waals surface area contributed by atoms with Crippen molar-refractivity contribution in [1.29, 1.82) is 0 Å². The van der Waals surface area contributed by atoms with Crippen molar-refractivity contribution in [2.24, 2.45) is 0 Å². The number of thiazole rings is 2. The molecule has 0 saturated heterocycles. The number of anilines is 1. The summed E-state index contributed by atoms with van der Waals surface area (Å²) in [4.78, 5) is 19.6. The fraction of sp³-hybridized carbons (Fsp3) is 0.267. The van der Waals surface area contributed by atoms with E-state index in [1.165, 1.54) is 12.3 Å². The van der Waals surface area contributed by atoms with E-state index in [4.69, 9.17) is 0 Å². The largest absolute Gasteiger partial charge is 0.424 e. The molecule has 0 aliphatic carbocycles. The van der Waals surface area contributed by atoms with E-state index in [-0.39, 0.29) is 21.0 Å². The Bertz CT molecular complexity index is 978. The molecule has 1 amide bonds. The lowest BCUT2D eigenvalue weighted by Gasteiger charge is -2.27. The van der Waals surface area contributed by atoms with Gasteiger partial charge in [-0.05, 0) is 13.0 Å². The van der Waals surface area contributed by atoms with Crippen LogP contribution >= 0.6 is 22.7 Å². The molecule has 0 aliphatic heterocycles. The number of benzene rings is 1. The Balaban J connectivity index is 1.84. The van der Waals surface area contributed by atoms with Crippen LogP contribution in [0.25, 0.3) is 10.2 Å². The molecule has 1 unspecified atom stereocenters. The van der Waals surface area contributed by atoms with Crippen molar-refractivity contribution < 1.29 is 31.9 Å². The van der Waals surface area contributed by atoms with E-state index >= 15 is 0 Å². The van der Waals surface area contributed by atoms with Crippen LogP contribution in [0.3, 0.4) is 0 Å². The van der Waals surface area contributed by atoms with Gasteiger partial charge >= 0.3 is 6.18 Å². The van der Waals surface area contributed by atoms with Crippen LogP contribution in [-0.4, -0.2) is 27.2 Å². The summed E-state index contributed by atoms with van der Waals surface area (Å²) in [5.74, 6) is -3.44. The number of alkyl halides is 3. The Labute approximate surface area is 156 Å². The first-order chi connectivity index (χ1) is 12.5. The highest BCUT2D eigenvalue weighted by Crippen LogP contribution is 2.43. The quantitative estimate of drug-likeness (QED) is 0.619. The summed E-state index contributed by atoms with van der Waals surface area (Å²) in [7, 11) is 0. The van der Waals surface area contributed by atoms with Gasteiger partial charge in [-0.2, -0.15) is 13.2 Å². The number of aliphatic hydroxyl groups is 1. The van der Waals surface area contributed by atoms with Crippen LogP contribution in [0.5, 0.6) is 0 Å². The standard InChI is InChI=1S/C15H10F5N3O2S2/c1-6-5-26-12(21-6)14(25,15(18,19)20)4-11(24)23-13-22-9-2-7(16)8(17)3-10(9)27-13/h2-3,5,25H,4H2,1H3,(H,22,23,24). The van der Waals surface area contributed by atoms with Crippen molar-refractivity contribution in [1.82, 2.24) is 9.97 Å². The summed E-state index contributed by atoms with van der Waals surface area (Å²) >= 11 is 1.34. The van der Waals surface area contributed by atoms with E-state index in [2.05, 4.69) is 15.3 Å². The van der Waals surface area contributed by atoms with Gasteiger partial charge in [0.15, 0.2) is 16.8 Å². The predicted molar refractivity (Wildman–Crippen MR) is 89.6 cm³/mol. The molecule has 5 nitrogen and oxygen atoms in total. The number of aryl methyl sites for hydroxylation is 1.